The average molecular weight is 332 g/mol. The molecule has 0 radical (unpaired) electrons. The van der Waals surface area contributed by atoms with E-state index in [1.54, 1.807) is 12.1 Å². The Bertz CT molecular complexity index is 698. The number of carbonyl (C=O) groups is 1. The van der Waals surface area contributed by atoms with Gasteiger partial charge in [-0.25, -0.2) is 0 Å². The van der Waals surface area contributed by atoms with Gasteiger partial charge in [0, 0.05) is 10.7 Å². The largest absolute Gasteiger partial charge is 0.493 e. The van der Waals surface area contributed by atoms with Gasteiger partial charge in [0.2, 0.25) is 0 Å². The first-order valence-electron chi connectivity index (χ1n) is 7.95. The molecule has 0 aliphatic rings. The molecule has 0 bridgehead atoms. The minimum absolute atomic E-state index is 0.180. The monoisotopic (exact) mass is 331 g/mol. The summed E-state index contributed by atoms with van der Waals surface area (Å²) in [6.07, 6.45) is 1.59. The van der Waals surface area contributed by atoms with Crippen LogP contribution in [0, 0.1) is 0 Å². The number of anilines is 1. The molecule has 1 amide bonds. The highest BCUT2D eigenvalue weighted by atomic mass is 35.5. The topological polar surface area (TPSA) is 38.3 Å². The second kappa shape index (κ2) is 8.02. The number of benzene rings is 2. The lowest BCUT2D eigenvalue weighted by Crippen LogP contribution is -2.16. The van der Waals surface area contributed by atoms with Crippen molar-refractivity contribution in [1.29, 1.82) is 0 Å². The fourth-order valence-electron chi connectivity index (χ4n) is 2.58. The summed E-state index contributed by atoms with van der Waals surface area (Å²) < 4.78 is 5.55. The van der Waals surface area contributed by atoms with Gasteiger partial charge in [0.15, 0.2) is 0 Å². The molecular weight excluding hydrogens is 310 g/mol. The number of amides is 1. The molecule has 2 rings (SSSR count). The quantitative estimate of drug-likeness (QED) is 0.798. The van der Waals surface area contributed by atoms with Gasteiger partial charge in [0.05, 0.1) is 12.2 Å². The number of nitrogens with one attached hydrogen (secondary N) is 1. The molecule has 0 unspecified atom stereocenters. The molecule has 0 fully saturated rings. The molecule has 0 saturated heterocycles. The first-order chi connectivity index (χ1) is 11.1. The zero-order valence-corrected chi connectivity index (χ0v) is 14.5. The summed E-state index contributed by atoms with van der Waals surface area (Å²) in [5.74, 6) is 0.409. The lowest BCUT2D eigenvalue weighted by Gasteiger charge is -2.17. The van der Waals surface area contributed by atoms with Crippen molar-refractivity contribution in [2.75, 3.05) is 11.9 Å². The van der Waals surface area contributed by atoms with Gasteiger partial charge in [-0.05, 0) is 49.1 Å². The standard InChI is InChI=1S/C19H22ClNO2/c1-4-13-11-12-16(20)14(5-2)18(13)21-19(22)15-9-7-8-10-17(15)23-6-3/h7-12H,4-6H2,1-3H3,(H,21,22). The third-order valence-electron chi connectivity index (χ3n) is 3.75. The first-order valence-corrected chi connectivity index (χ1v) is 8.33. The van der Waals surface area contributed by atoms with Crippen LogP contribution in [-0.2, 0) is 12.8 Å². The summed E-state index contributed by atoms with van der Waals surface area (Å²) in [5, 5.41) is 3.71. The Hall–Kier alpha value is -2.00. The number of hydrogen-bond acceptors (Lipinski definition) is 2. The zero-order chi connectivity index (χ0) is 16.8. The van der Waals surface area contributed by atoms with E-state index in [1.165, 1.54) is 0 Å². The van der Waals surface area contributed by atoms with Crippen LogP contribution in [0.4, 0.5) is 5.69 Å². The molecule has 2 aromatic rings. The molecule has 23 heavy (non-hydrogen) atoms. The van der Waals surface area contributed by atoms with Crippen molar-refractivity contribution in [3.8, 4) is 5.75 Å². The molecule has 3 nitrogen and oxygen atoms in total. The molecule has 0 heterocycles. The Kier molecular flexibility index (Phi) is 6.05. The number of ether oxygens (including phenoxy) is 1. The van der Waals surface area contributed by atoms with E-state index < -0.39 is 0 Å². The third kappa shape index (κ3) is 3.85. The molecule has 0 aliphatic carbocycles. The van der Waals surface area contributed by atoms with Gasteiger partial charge < -0.3 is 10.1 Å². The number of rotatable bonds is 6. The maximum atomic E-state index is 12.7. The summed E-state index contributed by atoms with van der Waals surface area (Å²) in [6, 6.07) is 11.1. The van der Waals surface area contributed by atoms with E-state index in [0.717, 1.165) is 29.7 Å². The van der Waals surface area contributed by atoms with Crippen LogP contribution >= 0.6 is 11.6 Å². The van der Waals surface area contributed by atoms with Gasteiger partial charge in [0.25, 0.3) is 5.91 Å². The fourth-order valence-corrected chi connectivity index (χ4v) is 2.87. The van der Waals surface area contributed by atoms with Crippen LogP contribution in [0.3, 0.4) is 0 Å². The molecule has 1 N–H and O–H groups in total. The lowest BCUT2D eigenvalue weighted by atomic mass is 10.0. The van der Waals surface area contributed by atoms with Gasteiger partial charge in [-0.2, -0.15) is 0 Å². The second-order valence-electron chi connectivity index (χ2n) is 5.15. The van der Waals surface area contributed by atoms with Crippen molar-refractivity contribution in [2.24, 2.45) is 0 Å². The van der Waals surface area contributed by atoms with Crippen LogP contribution in [-0.4, -0.2) is 12.5 Å². The highest BCUT2D eigenvalue weighted by Gasteiger charge is 2.17. The molecule has 0 aromatic heterocycles. The van der Waals surface area contributed by atoms with Gasteiger partial charge in [-0.3, -0.25) is 4.79 Å². The van der Waals surface area contributed by atoms with E-state index in [0.29, 0.717) is 22.9 Å². The minimum atomic E-state index is -0.180. The van der Waals surface area contributed by atoms with E-state index in [4.69, 9.17) is 16.3 Å². The highest BCUT2D eigenvalue weighted by Crippen LogP contribution is 2.30. The lowest BCUT2D eigenvalue weighted by molar-refractivity contribution is 0.102. The third-order valence-corrected chi connectivity index (χ3v) is 4.10. The first kappa shape index (κ1) is 17.4. The van der Waals surface area contributed by atoms with E-state index in [2.05, 4.69) is 12.2 Å². The van der Waals surface area contributed by atoms with E-state index in [1.807, 2.05) is 38.1 Å². The molecule has 122 valence electrons. The number of halogens is 1. The fraction of sp³-hybridized carbons (Fsp3) is 0.316. The van der Waals surface area contributed by atoms with E-state index >= 15 is 0 Å². The average Bonchev–Trinajstić information content (AvgIpc) is 2.56. The minimum Gasteiger partial charge on any atom is -0.493 e. The maximum absolute atomic E-state index is 12.7. The van der Waals surface area contributed by atoms with E-state index in [9.17, 15) is 4.79 Å². The van der Waals surface area contributed by atoms with Crippen molar-refractivity contribution in [2.45, 2.75) is 33.6 Å². The van der Waals surface area contributed by atoms with Gasteiger partial charge in [-0.15, -0.1) is 0 Å². The highest BCUT2D eigenvalue weighted by molar-refractivity contribution is 6.32. The van der Waals surface area contributed by atoms with Crippen molar-refractivity contribution >= 4 is 23.2 Å². The summed E-state index contributed by atoms with van der Waals surface area (Å²) in [4.78, 5) is 12.7. The van der Waals surface area contributed by atoms with Crippen LogP contribution < -0.4 is 10.1 Å². The normalized spacial score (nSPS) is 10.4. The SMILES string of the molecule is CCOc1ccccc1C(=O)Nc1c(CC)ccc(Cl)c1CC. The van der Waals surface area contributed by atoms with E-state index in [-0.39, 0.29) is 5.91 Å². The Morgan fingerprint density at radius 3 is 2.48 bits per heavy atom. The number of hydrogen-bond donors (Lipinski definition) is 1. The van der Waals surface area contributed by atoms with Gasteiger partial charge in [-0.1, -0.05) is 43.6 Å². The van der Waals surface area contributed by atoms with Crippen molar-refractivity contribution in [1.82, 2.24) is 0 Å². The van der Waals surface area contributed by atoms with Crippen molar-refractivity contribution in [3.63, 3.8) is 0 Å². The van der Waals surface area contributed by atoms with Gasteiger partial charge in [0.1, 0.15) is 5.75 Å². The number of carbonyl (C=O) groups excluding carboxylic acids is 1. The van der Waals surface area contributed by atoms with Crippen LogP contribution in [0.5, 0.6) is 5.75 Å². The second-order valence-corrected chi connectivity index (χ2v) is 5.56. The number of aryl methyl sites for hydroxylation is 1. The van der Waals surface area contributed by atoms with Crippen LogP contribution in [0.15, 0.2) is 36.4 Å². The smallest absolute Gasteiger partial charge is 0.259 e. The molecule has 4 heteroatoms. The Balaban J connectivity index is 2.39. The molecule has 2 aromatic carbocycles. The van der Waals surface area contributed by atoms with Crippen molar-refractivity contribution in [3.05, 3.63) is 58.1 Å². The molecular formula is C19H22ClNO2. The molecule has 0 atom stereocenters. The molecule has 0 aliphatic heterocycles. The van der Waals surface area contributed by atoms with Crippen molar-refractivity contribution < 1.29 is 9.53 Å². The molecule has 0 saturated carbocycles. The number of para-hydroxylation sites is 1. The van der Waals surface area contributed by atoms with Crippen LogP contribution in [0.2, 0.25) is 5.02 Å². The summed E-state index contributed by atoms with van der Waals surface area (Å²) in [6.45, 7) is 6.51. The van der Waals surface area contributed by atoms with Gasteiger partial charge >= 0.3 is 0 Å². The van der Waals surface area contributed by atoms with Crippen LogP contribution in [0.1, 0.15) is 42.3 Å². The molecule has 0 spiro atoms. The summed E-state index contributed by atoms with van der Waals surface area (Å²) in [5.41, 5.74) is 3.39. The predicted molar refractivity (Wildman–Crippen MR) is 95.8 cm³/mol. The summed E-state index contributed by atoms with van der Waals surface area (Å²) in [7, 11) is 0. The Morgan fingerprint density at radius 1 is 1.09 bits per heavy atom. The Labute approximate surface area is 142 Å². The summed E-state index contributed by atoms with van der Waals surface area (Å²) >= 11 is 6.29. The predicted octanol–water partition coefficient (Wildman–Crippen LogP) is 5.12. The maximum Gasteiger partial charge on any atom is 0.259 e. The Morgan fingerprint density at radius 2 is 1.83 bits per heavy atom. The zero-order valence-electron chi connectivity index (χ0n) is 13.8. The van der Waals surface area contributed by atoms with Crippen LogP contribution in [0.25, 0.3) is 0 Å².